The van der Waals surface area contributed by atoms with Crippen molar-refractivity contribution in [2.45, 2.75) is 26.9 Å². The third kappa shape index (κ3) is 4.30. The van der Waals surface area contributed by atoms with E-state index in [9.17, 15) is 4.79 Å². The molecule has 1 atom stereocenters. The van der Waals surface area contributed by atoms with Crippen molar-refractivity contribution in [1.82, 2.24) is 0 Å². The topological polar surface area (TPSA) is 26.3 Å². The van der Waals surface area contributed by atoms with E-state index < -0.39 is 0 Å². The molecule has 0 amide bonds. The van der Waals surface area contributed by atoms with Crippen LogP contribution in [-0.2, 0) is 9.53 Å². The Bertz CT molecular complexity index is 352. The predicted octanol–water partition coefficient (Wildman–Crippen LogP) is 3.29. The van der Waals surface area contributed by atoms with Crippen molar-refractivity contribution in [2.24, 2.45) is 5.92 Å². The van der Waals surface area contributed by atoms with Gasteiger partial charge in [-0.3, -0.25) is 4.79 Å². The van der Waals surface area contributed by atoms with Gasteiger partial charge in [-0.15, -0.1) is 0 Å². The van der Waals surface area contributed by atoms with Crippen molar-refractivity contribution >= 4 is 12.0 Å². The average Bonchev–Trinajstić information content (AvgIpc) is 2.27. The van der Waals surface area contributed by atoms with Crippen LogP contribution in [0.5, 0.6) is 0 Å². The summed E-state index contributed by atoms with van der Waals surface area (Å²) in [4.78, 5) is 11.3. The van der Waals surface area contributed by atoms with Gasteiger partial charge in [0.25, 0.3) is 0 Å². The van der Waals surface area contributed by atoms with Gasteiger partial charge in [-0.25, -0.2) is 0 Å². The number of esters is 1. The van der Waals surface area contributed by atoms with Gasteiger partial charge in [0, 0.05) is 0 Å². The van der Waals surface area contributed by atoms with Crippen molar-refractivity contribution in [3.8, 4) is 0 Å². The lowest BCUT2D eigenvalue weighted by molar-refractivity contribution is -0.149. The Labute approximate surface area is 96.9 Å². The third-order valence-corrected chi connectivity index (χ3v) is 2.13. The Hall–Kier alpha value is -1.57. The number of hydrogen-bond acceptors (Lipinski definition) is 2. The lowest BCUT2D eigenvalue weighted by atomic mass is 10.2. The van der Waals surface area contributed by atoms with E-state index in [0.717, 1.165) is 5.56 Å². The minimum atomic E-state index is -0.185. The van der Waals surface area contributed by atoms with Crippen molar-refractivity contribution in [1.29, 1.82) is 0 Å². The number of hydrogen-bond donors (Lipinski definition) is 0. The zero-order valence-electron chi connectivity index (χ0n) is 10.0. The molecule has 1 aromatic carbocycles. The molecule has 0 fully saturated rings. The Balaban J connectivity index is 2.49. The van der Waals surface area contributed by atoms with Gasteiger partial charge >= 0.3 is 5.97 Å². The van der Waals surface area contributed by atoms with Crippen molar-refractivity contribution in [2.75, 3.05) is 0 Å². The first-order valence-electron chi connectivity index (χ1n) is 5.53. The molecule has 0 spiro atoms. The maximum Gasteiger partial charge on any atom is 0.308 e. The summed E-state index contributed by atoms with van der Waals surface area (Å²) in [5.74, 6) is -0.238. The highest BCUT2D eigenvalue weighted by molar-refractivity contribution is 5.72. The molecule has 0 heterocycles. The summed E-state index contributed by atoms with van der Waals surface area (Å²) < 4.78 is 5.21. The predicted molar refractivity (Wildman–Crippen MR) is 65.9 cm³/mol. The summed E-state index contributed by atoms with van der Waals surface area (Å²) in [6.07, 6.45) is 3.66. The minimum Gasteiger partial charge on any atom is -0.458 e. The lowest BCUT2D eigenvalue weighted by Gasteiger charge is -2.10. The molecular formula is C14H18O2. The maximum absolute atomic E-state index is 11.3. The summed E-state index contributed by atoms with van der Waals surface area (Å²) in [5, 5.41) is 0. The van der Waals surface area contributed by atoms with Gasteiger partial charge in [0.15, 0.2) is 0 Å². The number of carbonyl (C=O) groups excluding carboxylic acids is 1. The van der Waals surface area contributed by atoms with E-state index in [1.807, 2.05) is 63.3 Å². The molecule has 0 saturated heterocycles. The zero-order valence-corrected chi connectivity index (χ0v) is 10.0. The number of rotatable bonds is 4. The molecule has 0 N–H and O–H groups in total. The molecule has 2 nitrogen and oxygen atoms in total. The van der Waals surface area contributed by atoms with E-state index in [-0.39, 0.29) is 18.0 Å². The van der Waals surface area contributed by atoms with E-state index >= 15 is 0 Å². The highest BCUT2D eigenvalue weighted by Crippen LogP contribution is 2.05. The van der Waals surface area contributed by atoms with Gasteiger partial charge in [-0.1, -0.05) is 50.3 Å². The fourth-order valence-electron chi connectivity index (χ4n) is 1.17. The normalized spacial score (nSPS) is 13.0. The maximum atomic E-state index is 11.3. The van der Waals surface area contributed by atoms with Gasteiger partial charge in [0.2, 0.25) is 0 Å². The Morgan fingerprint density at radius 2 is 1.81 bits per heavy atom. The summed E-state index contributed by atoms with van der Waals surface area (Å²) in [5.41, 5.74) is 1.11. The first-order chi connectivity index (χ1) is 7.59. The third-order valence-electron chi connectivity index (χ3n) is 2.13. The second kappa shape index (κ2) is 6.11. The lowest BCUT2D eigenvalue weighted by Crippen LogP contribution is -2.17. The number of carbonyl (C=O) groups is 1. The first kappa shape index (κ1) is 12.5. The Kier molecular flexibility index (Phi) is 4.77. The first-order valence-corrected chi connectivity index (χ1v) is 5.53. The van der Waals surface area contributed by atoms with E-state index in [2.05, 4.69) is 0 Å². The van der Waals surface area contributed by atoms with Gasteiger partial charge in [0.05, 0.1) is 5.92 Å². The number of benzene rings is 1. The van der Waals surface area contributed by atoms with Crippen LogP contribution in [0.4, 0.5) is 0 Å². The molecule has 1 rings (SSSR count). The van der Waals surface area contributed by atoms with Gasteiger partial charge in [0.1, 0.15) is 6.10 Å². The standard InChI is InChI=1S/C14H18O2/c1-11(2)14(15)16-12(3)9-10-13-7-5-4-6-8-13/h4-12H,1-3H3. The molecule has 0 aromatic heterocycles. The molecule has 86 valence electrons. The fourth-order valence-corrected chi connectivity index (χ4v) is 1.17. The van der Waals surface area contributed by atoms with E-state index in [1.165, 1.54) is 0 Å². The minimum absolute atomic E-state index is 0.0763. The summed E-state index contributed by atoms with van der Waals surface area (Å²) in [6.45, 7) is 5.52. The SMILES string of the molecule is CC(C=Cc1ccccc1)OC(=O)C(C)C. The molecule has 2 heteroatoms. The van der Waals surface area contributed by atoms with Crippen LogP contribution in [0.25, 0.3) is 6.08 Å². The van der Waals surface area contributed by atoms with Crippen LogP contribution < -0.4 is 0 Å². The van der Waals surface area contributed by atoms with E-state index in [4.69, 9.17) is 4.74 Å². The van der Waals surface area contributed by atoms with Crippen LogP contribution in [0.2, 0.25) is 0 Å². The van der Waals surface area contributed by atoms with Crippen LogP contribution in [0.1, 0.15) is 26.3 Å². The highest BCUT2D eigenvalue weighted by atomic mass is 16.5. The molecule has 0 aliphatic heterocycles. The zero-order chi connectivity index (χ0) is 12.0. The quantitative estimate of drug-likeness (QED) is 0.725. The summed E-state index contributed by atoms with van der Waals surface area (Å²) >= 11 is 0. The summed E-state index contributed by atoms with van der Waals surface area (Å²) in [7, 11) is 0. The molecule has 0 radical (unpaired) electrons. The van der Waals surface area contributed by atoms with Crippen LogP contribution in [0.3, 0.4) is 0 Å². The molecule has 0 saturated carbocycles. The van der Waals surface area contributed by atoms with E-state index in [1.54, 1.807) is 0 Å². The van der Waals surface area contributed by atoms with Gasteiger partial charge in [-0.05, 0) is 18.6 Å². The Morgan fingerprint density at radius 3 is 2.38 bits per heavy atom. The van der Waals surface area contributed by atoms with Gasteiger partial charge in [-0.2, -0.15) is 0 Å². The molecule has 0 aliphatic carbocycles. The average molecular weight is 218 g/mol. The second-order valence-corrected chi connectivity index (χ2v) is 4.07. The summed E-state index contributed by atoms with van der Waals surface area (Å²) in [6, 6.07) is 9.94. The van der Waals surface area contributed by atoms with Gasteiger partial charge < -0.3 is 4.74 Å². The molecule has 0 aliphatic rings. The Morgan fingerprint density at radius 1 is 1.19 bits per heavy atom. The molecule has 1 aromatic rings. The largest absolute Gasteiger partial charge is 0.458 e. The van der Waals surface area contributed by atoms with Crippen molar-refractivity contribution in [3.05, 3.63) is 42.0 Å². The van der Waals surface area contributed by atoms with E-state index in [0.29, 0.717) is 0 Å². The fraction of sp³-hybridized carbons (Fsp3) is 0.357. The molecule has 16 heavy (non-hydrogen) atoms. The number of ether oxygens (including phenoxy) is 1. The molecule has 0 bridgehead atoms. The van der Waals surface area contributed by atoms with Crippen LogP contribution >= 0.6 is 0 Å². The second-order valence-electron chi connectivity index (χ2n) is 4.07. The van der Waals surface area contributed by atoms with Crippen LogP contribution in [-0.4, -0.2) is 12.1 Å². The van der Waals surface area contributed by atoms with Crippen LogP contribution in [0, 0.1) is 5.92 Å². The van der Waals surface area contributed by atoms with Crippen LogP contribution in [0.15, 0.2) is 36.4 Å². The molecular weight excluding hydrogens is 200 g/mol. The molecule has 1 unspecified atom stereocenters. The van der Waals surface area contributed by atoms with Crippen molar-refractivity contribution in [3.63, 3.8) is 0 Å². The highest BCUT2D eigenvalue weighted by Gasteiger charge is 2.10. The van der Waals surface area contributed by atoms with Crippen molar-refractivity contribution < 1.29 is 9.53 Å². The smallest absolute Gasteiger partial charge is 0.308 e. The monoisotopic (exact) mass is 218 g/mol.